The summed E-state index contributed by atoms with van der Waals surface area (Å²) in [4.78, 5) is 14.1. The van der Waals surface area contributed by atoms with Crippen molar-refractivity contribution in [1.29, 1.82) is 0 Å². The van der Waals surface area contributed by atoms with Crippen LogP contribution in [0.15, 0.2) is 18.2 Å². The van der Waals surface area contributed by atoms with Crippen molar-refractivity contribution in [2.45, 2.75) is 13.3 Å². The number of carbonyl (C=O) groups is 1. The zero-order chi connectivity index (χ0) is 12.5. The molecule has 4 heteroatoms. The van der Waals surface area contributed by atoms with Gasteiger partial charge in [0.1, 0.15) is 0 Å². The number of amides is 1. The maximum atomic E-state index is 11.7. The third kappa shape index (κ3) is 1.97. The summed E-state index contributed by atoms with van der Waals surface area (Å²) in [7, 11) is 0. The van der Waals surface area contributed by atoms with E-state index in [1.807, 2.05) is 19.1 Å². The maximum absolute atomic E-state index is 11.7. The molecular weight excluding hydrogens is 226 g/mol. The number of anilines is 2. The smallest absolute Gasteiger partial charge is 0.227 e. The summed E-state index contributed by atoms with van der Waals surface area (Å²) in [6.07, 6.45) is 0.848. The summed E-state index contributed by atoms with van der Waals surface area (Å²) >= 11 is 0. The molecule has 18 heavy (non-hydrogen) atoms. The van der Waals surface area contributed by atoms with E-state index in [1.165, 1.54) is 11.3 Å². The van der Waals surface area contributed by atoms with Crippen LogP contribution in [0.2, 0.25) is 0 Å². The molecule has 0 spiro atoms. The molecule has 0 aliphatic carbocycles. The van der Waals surface area contributed by atoms with Gasteiger partial charge in [-0.3, -0.25) is 4.79 Å². The highest BCUT2D eigenvalue weighted by Gasteiger charge is 2.26. The second-order valence-corrected chi connectivity index (χ2v) is 5.13. The molecule has 0 radical (unpaired) electrons. The number of benzene rings is 1. The molecule has 3 rings (SSSR count). The Morgan fingerprint density at radius 1 is 1.28 bits per heavy atom. The number of fused-ring (bicyclic) bond motifs is 1. The van der Waals surface area contributed by atoms with Crippen molar-refractivity contribution in [3.8, 4) is 0 Å². The van der Waals surface area contributed by atoms with Crippen LogP contribution in [-0.2, 0) is 11.2 Å². The van der Waals surface area contributed by atoms with Crippen LogP contribution >= 0.6 is 0 Å². The van der Waals surface area contributed by atoms with Crippen molar-refractivity contribution in [1.82, 2.24) is 5.32 Å². The van der Waals surface area contributed by atoms with Gasteiger partial charge >= 0.3 is 0 Å². The van der Waals surface area contributed by atoms with E-state index in [0.717, 1.165) is 38.3 Å². The van der Waals surface area contributed by atoms with Crippen molar-refractivity contribution in [3.63, 3.8) is 0 Å². The van der Waals surface area contributed by atoms with E-state index in [4.69, 9.17) is 0 Å². The van der Waals surface area contributed by atoms with Gasteiger partial charge in [-0.15, -0.1) is 0 Å². The van der Waals surface area contributed by atoms with Crippen molar-refractivity contribution < 1.29 is 4.79 Å². The monoisotopic (exact) mass is 245 g/mol. The maximum Gasteiger partial charge on any atom is 0.227 e. The Morgan fingerprint density at radius 3 is 2.83 bits per heavy atom. The number of rotatable bonds is 1. The predicted molar refractivity (Wildman–Crippen MR) is 73.0 cm³/mol. The van der Waals surface area contributed by atoms with Crippen LogP contribution in [0.4, 0.5) is 11.4 Å². The summed E-state index contributed by atoms with van der Waals surface area (Å²) in [5, 5.41) is 6.38. The Labute approximate surface area is 107 Å². The molecule has 0 aromatic heterocycles. The van der Waals surface area contributed by atoms with E-state index in [0.29, 0.717) is 0 Å². The Bertz CT molecular complexity index is 466. The number of nitrogens with one attached hydrogen (secondary N) is 2. The minimum absolute atomic E-state index is 0.0709. The number of piperazine rings is 1. The quantitative estimate of drug-likeness (QED) is 0.782. The second kappa shape index (κ2) is 4.61. The molecule has 0 saturated carbocycles. The molecule has 2 N–H and O–H groups in total. The topological polar surface area (TPSA) is 44.4 Å². The van der Waals surface area contributed by atoms with E-state index in [2.05, 4.69) is 21.6 Å². The molecule has 1 fully saturated rings. The summed E-state index contributed by atoms with van der Waals surface area (Å²) in [5.41, 5.74) is 3.58. The zero-order valence-electron chi connectivity index (χ0n) is 10.7. The highest BCUT2D eigenvalue weighted by Crippen LogP contribution is 2.33. The van der Waals surface area contributed by atoms with Gasteiger partial charge in [-0.05, 0) is 24.1 Å². The highest BCUT2D eigenvalue weighted by atomic mass is 16.1. The fourth-order valence-electron chi connectivity index (χ4n) is 2.76. The van der Waals surface area contributed by atoms with Gasteiger partial charge < -0.3 is 15.5 Å². The molecule has 1 aromatic carbocycles. The Kier molecular flexibility index (Phi) is 2.96. The van der Waals surface area contributed by atoms with Gasteiger partial charge in [0.05, 0.1) is 0 Å². The summed E-state index contributed by atoms with van der Waals surface area (Å²) < 4.78 is 0. The Hall–Kier alpha value is -1.55. The molecule has 1 atom stereocenters. The molecule has 2 aliphatic rings. The molecular formula is C14H19N3O. The van der Waals surface area contributed by atoms with E-state index in [-0.39, 0.29) is 11.8 Å². The van der Waals surface area contributed by atoms with Crippen molar-refractivity contribution in [2.75, 3.05) is 36.4 Å². The summed E-state index contributed by atoms with van der Waals surface area (Å²) in [6.45, 7) is 6.14. The fourth-order valence-corrected chi connectivity index (χ4v) is 2.76. The average molecular weight is 245 g/mol. The van der Waals surface area contributed by atoms with Gasteiger partial charge in [0.25, 0.3) is 0 Å². The average Bonchev–Trinajstić information content (AvgIpc) is 2.40. The number of carbonyl (C=O) groups excluding carboxylic acids is 1. The third-order valence-electron chi connectivity index (χ3n) is 3.82. The fraction of sp³-hybridized carbons (Fsp3) is 0.500. The van der Waals surface area contributed by atoms with Gasteiger partial charge in [-0.1, -0.05) is 13.0 Å². The largest absolute Gasteiger partial charge is 0.369 e. The minimum atomic E-state index is 0.0709. The molecule has 1 amide bonds. The molecule has 2 heterocycles. The lowest BCUT2D eigenvalue weighted by molar-refractivity contribution is -0.119. The molecule has 2 aliphatic heterocycles. The highest BCUT2D eigenvalue weighted by molar-refractivity contribution is 5.96. The summed E-state index contributed by atoms with van der Waals surface area (Å²) in [5.74, 6) is 0.210. The zero-order valence-corrected chi connectivity index (χ0v) is 10.7. The standard InChI is InChI=1S/C14H19N3O/c1-10-9-11-12(16-14(10)18)3-2-4-13(11)17-7-5-15-6-8-17/h2-4,10,15H,5-9H2,1H3,(H,16,18). The molecule has 1 aromatic rings. The predicted octanol–water partition coefficient (Wildman–Crippen LogP) is 1.23. The van der Waals surface area contributed by atoms with Crippen molar-refractivity contribution >= 4 is 17.3 Å². The molecule has 0 bridgehead atoms. The first kappa shape index (κ1) is 11.5. The normalized spacial score (nSPS) is 23.5. The van der Waals surface area contributed by atoms with Gasteiger partial charge in [0.2, 0.25) is 5.91 Å². The Morgan fingerprint density at radius 2 is 2.06 bits per heavy atom. The lowest BCUT2D eigenvalue weighted by Gasteiger charge is -2.34. The van der Waals surface area contributed by atoms with Crippen LogP contribution in [0.3, 0.4) is 0 Å². The first-order valence-corrected chi connectivity index (χ1v) is 6.64. The first-order valence-electron chi connectivity index (χ1n) is 6.64. The summed E-state index contributed by atoms with van der Waals surface area (Å²) in [6, 6.07) is 6.21. The van der Waals surface area contributed by atoms with Gasteiger partial charge in [-0.2, -0.15) is 0 Å². The van der Waals surface area contributed by atoms with Crippen molar-refractivity contribution in [2.24, 2.45) is 5.92 Å². The Balaban J connectivity index is 1.96. The molecule has 1 saturated heterocycles. The van der Waals surface area contributed by atoms with Crippen LogP contribution in [0.25, 0.3) is 0 Å². The van der Waals surface area contributed by atoms with Crippen LogP contribution in [0.5, 0.6) is 0 Å². The number of hydrogen-bond donors (Lipinski definition) is 2. The SMILES string of the molecule is CC1Cc2c(cccc2N2CCNCC2)NC1=O. The first-order chi connectivity index (χ1) is 8.75. The van der Waals surface area contributed by atoms with E-state index in [1.54, 1.807) is 0 Å². The van der Waals surface area contributed by atoms with Gasteiger partial charge in [-0.25, -0.2) is 0 Å². The molecule has 96 valence electrons. The van der Waals surface area contributed by atoms with E-state index < -0.39 is 0 Å². The molecule has 4 nitrogen and oxygen atoms in total. The van der Waals surface area contributed by atoms with Crippen LogP contribution in [-0.4, -0.2) is 32.1 Å². The van der Waals surface area contributed by atoms with Gasteiger partial charge in [0.15, 0.2) is 0 Å². The second-order valence-electron chi connectivity index (χ2n) is 5.13. The lowest BCUT2D eigenvalue weighted by atomic mass is 9.93. The third-order valence-corrected chi connectivity index (χ3v) is 3.82. The van der Waals surface area contributed by atoms with Crippen molar-refractivity contribution in [3.05, 3.63) is 23.8 Å². The lowest BCUT2D eigenvalue weighted by Crippen LogP contribution is -2.44. The minimum Gasteiger partial charge on any atom is -0.369 e. The number of nitrogens with zero attached hydrogens (tertiary/aromatic N) is 1. The van der Waals surface area contributed by atoms with E-state index in [9.17, 15) is 4.79 Å². The van der Waals surface area contributed by atoms with E-state index >= 15 is 0 Å². The van der Waals surface area contributed by atoms with Gasteiger partial charge in [0, 0.05) is 43.5 Å². The van der Waals surface area contributed by atoms with Crippen LogP contribution in [0.1, 0.15) is 12.5 Å². The number of hydrogen-bond acceptors (Lipinski definition) is 3. The van der Waals surface area contributed by atoms with Crippen LogP contribution in [0, 0.1) is 5.92 Å². The van der Waals surface area contributed by atoms with Crippen LogP contribution < -0.4 is 15.5 Å². The molecule has 1 unspecified atom stereocenters.